The summed E-state index contributed by atoms with van der Waals surface area (Å²) in [5, 5.41) is 3.24. The third-order valence-corrected chi connectivity index (χ3v) is 4.85. The van der Waals surface area contributed by atoms with Gasteiger partial charge in [0.15, 0.2) is 5.11 Å². The van der Waals surface area contributed by atoms with Crippen molar-refractivity contribution in [1.29, 1.82) is 0 Å². The Hall–Kier alpha value is -1.80. The van der Waals surface area contributed by atoms with Crippen LogP contribution in [0.2, 0.25) is 0 Å². The van der Waals surface area contributed by atoms with Crippen molar-refractivity contribution in [2.45, 2.75) is 46.0 Å². The Labute approximate surface area is 156 Å². The van der Waals surface area contributed by atoms with Crippen molar-refractivity contribution in [2.75, 3.05) is 13.6 Å². The summed E-state index contributed by atoms with van der Waals surface area (Å²) in [4.78, 5) is 14.7. The smallest absolute Gasteiger partial charge is 0.316 e. The van der Waals surface area contributed by atoms with E-state index in [0.29, 0.717) is 22.9 Å². The van der Waals surface area contributed by atoms with Gasteiger partial charge < -0.3 is 5.32 Å². The molecule has 1 aromatic carbocycles. The second-order valence-electron chi connectivity index (χ2n) is 6.30. The molecule has 0 heterocycles. The van der Waals surface area contributed by atoms with Gasteiger partial charge in [0.25, 0.3) is 0 Å². The first-order valence-corrected chi connectivity index (χ1v) is 9.55. The third kappa shape index (κ3) is 5.34. The van der Waals surface area contributed by atoms with Crippen molar-refractivity contribution >= 4 is 39.4 Å². The first-order chi connectivity index (χ1) is 11.6. The number of unbranched alkanes of at least 4 members (excludes halogenated alkanes) is 1. The van der Waals surface area contributed by atoms with Gasteiger partial charge in [-0.2, -0.15) is 8.42 Å². The average Bonchev–Trinajstić information content (AvgIpc) is 2.55. The van der Waals surface area contributed by atoms with E-state index in [1.54, 1.807) is 44.9 Å². The molecule has 0 saturated heterocycles. The minimum atomic E-state index is -2.55. The van der Waals surface area contributed by atoms with Crippen LogP contribution in [0.3, 0.4) is 0 Å². The molecule has 6 nitrogen and oxygen atoms in total. The van der Waals surface area contributed by atoms with Gasteiger partial charge in [0.2, 0.25) is 5.91 Å². The molecule has 1 aromatic rings. The van der Waals surface area contributed by atoms with E-state index < -0.39 is 15.9 Å². The van der Waals surface area contributed by atoms with Gasteiger partial charge in [0.05, 0.1) is 11.1 Å². The normalized spacial score (nSPS) is 10.9. The molecule has 1 amide bonds. The standard InChI is InChI=1S/C17H25N3O3S2/c1-6-7-10-20(16(24)18-5)15(21)17(3,4)13-9-8-12(2)14(11-13)19-25(22)23/h8-9,11H,6-7,10H2,1-5H3,(H,18,24). The second kappa shape index (κ2) is 9.05. The molecule has 0 aliphatic heterocycles. The van der Waals surface area contributed by atoms with Crippen molar-refractivity contribution in [2.24, 2.45) is 4.36 Å². The van der Waals surface area contributed by atoms with E-state index in [1.807, 2.05) is 13.0 Å². The maximum atomic E-state index is 13.1. The number of thiocarbonyl (C=S) groups is 1. The van der Waals surface area contributed by atoms with Crippen LogP contribution in [0.5, 0.6) is 0 Å². The number of amides is 1. The molecule has 8 heteroatoms. The number of nitrogens with one attached hydrogen (secondary N) is 1. The monoisotopic (exact) mass is 383 g/mol. The Bertz CT molecular complexity index is 778. The van der Waals surface area contributed by atoms with Gasteiger partial charge in [-0.15, -0.1) is 4.36 Å². The van der Waals surface area contributed by atoms with Gasteiger partial charge in [-0.1, -0.05) is 25.5 Å². The van der Waals surface area contributed by atoms with E-state index in [0.717, 1.165) is 18.4 Å². The SMILES string of the molecule is CCCCN(C(=O)C(C)(C)c1ccc(C)c(N=S(=O)=O)c1)C(=S)NC. The topological polar surface area (TPSA) is 78.8 Å². The van der Waals surface area contributed by atoms with Gasteiger partial charge in [-0.3, -0.25) is 9.69 Å². The van der Waals surface area contributed by atoms with Gasteiger partial charge in [0.1, 0.15) is 0 Å². The zero-order valence-corrected chi connectivity index (χ0v) is 16.9. The van der Waals surface area contributed by atoms with E-state index in [9.17, 15) is 13.2 Å². The number of hydrogen-bond acceptors (Lipinski definition) is 5. The molecule has 0 bridgehead atoms. The lowest BCUT2D eigenvalue weighted by Gasteiger charge is -2.32. The number of carbonyl (C=O) groups is 1. The van der Waals surface area contributed by atoms with E-state index in [1.165, 1.54) is 0 Å². The van der Waals surface area contributed by atoms with Crippen LogP contribution in [0.4, 0.5) is 5.69 Å². The molecule has 0 aliphatic rings. The Balaban J connectivity index is 3.31. The van der Waals surface area contributed by atoms with E-state index in [-0.39, 0.29) is 5.91 Å². The second-order valence-corrected chi connectivity index (χ2v) is 7.30. The van der Waals surface area contributed by atoms with Crippen molar-refractivity contribution in [3.8, 4) is 0 Å². The van der Waals surface area contributed by atoms with Gasteiger partial charge in [-0.05, 0) is 56.6 Å². The van der Waals surface area contributed by atoms with Crippen molar-refractivity contribution in [3.63, 3.8) is 0 Å². The highest BCUT2D eigenvalue weighted by Gasteiger charge is 2.35. The number of nitrogens with zero attached hydrogens (tertiary/aromatic N) is 2. The van der Waals surface area contributed by atoms with Crippen LogP contribution in [-0.4, -0.2) is 37.9 Å². The number of benzene rings is 1. The first kappa shape index (κ1) is 21.2. The molecular weight excluding hydrogens is 358 g/mol. The maximum Gasteiger partial charge on any atom is 0.316 e. The Morgan fingerprint density at radius 3 is 2.52 bits per heavy atom. The quantitative estimate of drug-likeness (QED) is 0.764. The molecule has 1 N–H and O–H groups in total. The van der Waals surface area contributed by atoms with Crippen LogP contribution in [0.15, 0.2) is 22.6 Å². The molecule has 0 aromatic heterocycles. The molecule has 0 atom stereocenters. The van der Waals surface area contributed by atoms with E-state index in [2.05, 4.69) is 9.68 Å². The Morgan fingerprint density at radius 2 is 2.00 bits per heavy atom. The summed E-state index contributed by atoms with van der Waals surface area (Å²) in [6, 6.07) is 5.23. The molecular formula is C17H25N3O3S2. The molecule has 0 unspecified atom stereocenters. The summed E-state index contributed by atoms with van der Waals surface area (Å²) in [5.74, 6) is -0.140. The number of aryl methyl sites for hydroxylation is 1. The zero-order valence-electron chi connectivity index (χ0n) is 15.3. The number of rotatable bonds is 6. The fourth-order valence-corrected chi connectivity index (χ4v) is 2.92. The molecule has 0 fully saturated rings. The summed E-state index contributed by atoms with van der Waals surface area (Å²) in [5.41, 5.74) is 0.872. The summed E-state index contributed by atoms with van der Waals surface area (Å²) in [7, 11) is -0.857. The van der Waals surface area contributed by atoms with Gasteiger partial charge in [-0.25, -0.2) is 0 Å². The largest absolute Gasteiger partial charge is 0.365 e. The first-order valence-electron chi connectivity index (χ1n) is 8.11. The molecule has 0 radical (unpaired) electrons. The average molecular weight is 384 g/mol. The fraction of sp³-hybridized carbons (Fsp3) is 0.529. The van der Waals surface area contributed by atoms with E-state index in [4.69, 9.17) is 12.2 Å². The number of carbonyl (C=O) groups excluding carboxylic acids is 1. The highest BCUT2D eigenvalue weighted by Crippen LogP contribution is 2.31. The van der Waals surface area contributed by atoms with Crippen LogP contribution >= 0.6 is 12.2 Å². The van der Waals surface area contributed by atoms with Crippen molar-refractivity contribution < 1.29 is 13.2 Å². The summed E-state index contributed by atoms with van der Waals surface area (Å²) in [6.45, 7) is 7.96. The van der Waals surface area contributed by atoms with Gasteiger partial charge >= 0.3 is 10.5 Å². The van der Waals surface area contributed by atoms with Gasteiger partial charge in [0, 0.05) is 13.6 Å². The zero-order chi connectivity index (χ0) is 19.2. The lowest BCUT2D eigenvalue weighted by molar-refractivity contribution is -0.132. The predicted molar refractivity (Wildman–Crippen MR) is 103 cm³/mol. The highest BCUT2D eigenvalue weighted by molar-refractivity contribution is 7.80. The lowest BCUT2D eigenvalue weighted by Crippen LogP contribution is -2.50. The minimum absolute atomic E-state index is 0.140. The molecule has 138 valence electrons. The van der Waals surface area contributed by atoms with Crippen molar-refractivity contribution in [3.05, 3.63) is 29.3 Å². The molecule has 0 spiro atoms. The van der Waals surface area contributed by atoms with Crippen LogP contribution < -0.4 is 5.32 Å². The van der Waals surface area contributed by atoms with E-state index >= 15 is 0 Å². The van der Waals surface area contributed by atoms with Crippen LogP contribution in [0.25, 0.3) is 0 Å². The molecule has 0 aliphatic carbocycles. The van der Waals surface area contributed by atoms with Crippen LogP contribution in [0, 0.1) is 6.92 Å². The lowest BCUT2D eigenvalue weighted by atomic mass is 9.82. The highest BCUT2D eigenvalue weighted by atomic mass is 32.2. The predicted octanol–water partition coefficient (Wildman–Crippen LogP) is 3.10. The summed E-state index contributed by atoms with van der Waals surface area (Å²) >= 11 is 5.28. The van der Waals surface area contributed by atoms with Crippen molar-refractivity contribution in [1.82, 2.24) is 10.2 Å². The Morgan fingerprint density at radius 1 is 1.36 bits per heavy atom. The Kier molecular flexibility index (Phi) is 7.69. The number of hydrogen-bond donors (Lipinski definition) is 1. The fourth-order valence-electron chi connectivity index (χ4n) is 2.38. The summed E-state index contributed by atoms with van der Waals surface area (Å²) < 4.78 is 25.4. The summed E-state index contributed by atoms with van der Waals surface area (Å²) in [6.07, 6.45) is 1.78. The maximum absolute atomic E-state index is 13.1. The molecule has 0 saturated carbocycles. The van der Waals surface area contributed by atoms with Crippen LogP contribution in [-0.2, 0) is 20.7 Å². The van der Waals surface area contributed by atoms with Crippen LogP contribution in [0.1, 0.15) is 44.7 Å². The third-order valence-electron chi connectivity index (χ3n) is 4.08. The minimum Gasteiger partial charge on any atom is -0.365 e. The molecule has 1 rings (SSSR count). The molecule has 25 heavy (non-hydrogen) atoms.